The fourth-order valence-corrected chi connectivity index (χ4v) is 1.29. The minimum Gasteiger partial charge on any atom is -0.243 e. The standard InChI is InChI=1S/C7H4N3S/c1-2-6(10-9-3-1)7-4-11-5-8-7/h1-2,4-5H. The van der Waals surface area contributed by atoms with Crippen molar-refractivity contribution >= 4 is 11.3 Å². The van der Waals surface area contributed by atoms with E-state index in [4.69, 9.17) is 0 Å². The molecular weight excluding hydrogens is 158 g/mol. The van der Waals surface area contributed by atoms with Crippen LogP contribution in [-0.2, 0) is 0 Å². The second kappa shape index (κ2) is 2.75. The number of aromatic nitrogens is 3. The third-order valence-corrected chi connectivity index (χ3v) is 1.81. The lowest BCUT2D eigenvalue weighted by Gasteiger charge is -1.89. The van der Waals surface area contributed by atoms with Crippen LogP contribution in [-0.4, -0.2) is 15.2 Å². The van der Waals surface area contributed by atoms with E-state index in [0.29, 0.717) is 0 Å². The lowest BCUT2D eigenvalue weighted by atomic mass is 10.3. The van der Waals surface area contributed by atoms with E-state index >= 15 is 0 Å². The van der Waals surface area contributed by atoms with Crippen LogP contribution < -0.4 is 0 Å². The molecule has 0 saturated heterocycles. The Morgan fingerprint density at radius 2 is 2.36 bits per heavy atom. The predicted octanol–water partition coefficient (Wildman–Crippen LogP) is 1.40. The largest absolute Gasteiger partial charge is 0.243 e. The van der Waals surface area contributed by atoms with Crippen molar-refractivity contribution in [1.82, 2.24) is 15.2 Å². The molecule has 0 amide bonds. The fraction of sp³-hybridized carbons (Fsp3) is 0. The first kappa shape index (κ1) is 6.42. The van der Waals surface area contributed by atoms with Crippen LogP contribution in [0.3, 0.4) is 0 Å². The second-order valence-electron chi connectivity index (χ2n) is 1.92. The summed E-state index contributed by atoms with van der Waals surface area (Å²) < 4.78 is 0. The molecule has 53 valence electrons. The highest BCUT2D eigenvalue weighted by atomic mass is 32.1. The molecule has 1 radical (unpaired) electrons. The van der Waals surface area contributed by atoms with Gasteiger partial charge in [0.05, 0.1) is 5.51 Å². The van der Waals surface area contributed by atoms with E-state index in [1.54, 1.807) is 22.9 Å². The Morgan fingerprint density at radius 1 is 1.36 bits per heavy atom. The van der Waals surface area contributed by atoms with Crippen molar-refractivity contribution in [3.63, 3.8) is 0 Å². The first-order valence-electron chi connectivity index (χ1n) is 3.05. The Labute approximate surface area is 67.8 Å². The molecule has 0 bridgehead atoms. The fourth-order valence-electron chi connectivity index (χ4n) is 0.741. The smallest absolute Gasteiger partial charge is 0.113 e. The van der Waals surface area contributed by atoms with Gasteiger partial charge < -0.3 is 0 Å². The molecule has 2 rings (SSSR count). The van der Waals surface area contributed by atoms with Gasteiger partial charge in [0, 0.05) is 5.38 Å². The lowest BCUT2D eigenvalue weighted by molar-refractivity contribution is 1.02. The molecule has 11 heavy (non-hydrogen) atoms. The van der Waals surface area contributed by atoms with Gasteiger partial charge >= 0.3 is 0 Å². The van der Waals surface area contributed by atoms with Crippen LogP contribution in [0.15, 0.2) is 23.0 Å². The van der Waals surface area contributed by atoms with Gasteiger partial charge in [-0.2, -0.15) is 0 Å². The molecule has 2 aromatic heterocycles. The summed E-state index contributed by atoms with van der Waals surface area (Å²) in [7, 11) is 0. The molecule has 0 N–H and O–H groups in total. The van der Waals surface area contributed by atoms with E-state index < -0.39 is 0 Å². The van der Waals surface area contributed by atoms with Gasteiger partial charge in [0.2, 0.25) is 0 Å². The molecule has 0 aromatic carbocycles. The van der Waals surface area contributed by atoms with E-state index in [-0.39, 0.29) is 0 Å². The Kier molecular flexibility index (Phi) is 1.61. The molecule has 2 heterocycles. The zero-order valence-electron chi connectivity index (χ0n) is 5.56. The molecule has 2 aromatic rings. The van der Waals surface area contributed by atoms with Crippen molar-refractivity contribution < 1.29 is 0 Å². The summed E-state index contributed by atoms with van der Waals surface area (Å²) in [5.74, 6) is 0. The molecule has 0 aliphatic carbocycles. The zero-order chi connectivity index (χ0) is 7.52. The van der Waals surface area contributed by atoms with Gasteiger partial charge in [0.25, 0.3) is 0 Å². The van der Waals surface area contributed by atoms with Crippen molar-refractivity contribution in [2.24, 2.45) is 0 Å². The summed E-state index contributed by atoms with van der Waals surface area (Å²) in [6, 6.07) is 3.56. The lowest BCUT2D eigenvalue weighted by Crippen LogP contribution is -1.84. The van der Waals surface area contributed by atoms with Gasteiger partial charge in [-0.05, 0) is 12.1 Å². The molecule has 0 spiro atoms. The van der Waals surface area contributed by atoms with Crippen LogP contribution >= 0.6 is 11.3 Å². The molecule has 0 aliphatic rings. The second-order valence-corrected chi connectivity index (χ2v) is 2.64. The van der Waals surface area contributed by atoms with E-state index in [9.17, 15) is 0 Å². The van der Waals surface area contributed by atoms with E-state index in [1.807, 2.05) is 11.4 Å². The maximum Gasteiger partial charge on any atom is 0.113 e. The Bertz CT molecular complexity index is 317. The van der Waals surface area contributed by atoms with Crippen molar-refractivity contribution in [2.45, 2.75) is 0 Å². The maximum absolute atomic E-state index is 4.09. The zero-order valence-corrected chi connectivity index (χ0v) is 6.38. The third-order valence-electron chi connectivity index (χ3n) is 1.23. The van der Waals surface area contributed by atoms with Crippen LogP contribution in [0.5, 0.6) is 0 Å². The van der Waals surface area contributed by atoms with Crippen LogP contribution in [0.25, 0.3) is 11.4 Å². The van der Waals surface area contributed by atoms with Gasteiger partial charge in [-0.15, -0.1) is 21.5 Å². The summed E-state index contributed by atoms with van der Waals surface area (Å²) in [5.41, 5.74) is 3.44. The Morgan fingerprint density at radius 3 is 3.00 bits per heavy atom. The van der Waals surface area contributed by atoms with Gasteiger partial charge in [0.1, 0.15) is 17.6 Å². The van der Waals surface area contributed by atoms with E-state index in [1.165, 1.54) is 0 Å². The van der Waals surface area contributed by atoms with Gasteiger partial charge in [0.15, 0.2) is 0 Å². The number of hydrogen-bond donors (Lipinski definition) is 0. The minimum absolute atomic E-state index is 0.796. The number of hydrogen-bond acceptors (Lipinski definition) is 4. The summed E-state index contributed by atoms with van der Waals surface area (Å²) in [6.07, 6.45) is 2.61. The summed E-state index contributed by atoms with van der Waals surface area (Å²) >= 11 is 1.55. The first-order chi connectivity index (χ1) is 5.47. The van der Waals surface area contributed by atoms with Crippen molar-refractivity contribution in [1.29, 1.82) is 0 Å². The molecule has 0 aliphatic heterocycles. The molecule has 3 nitrogen and oxygen atoms in total. The average molecular weight is 162 g/mol. The van der Waals surface area contributed by atoms with Crippen molar-refractivity contribution in [2.75, 3.05) is 0 Å². The first-order valence-corrected chi connectivity index (χ1v) is 3.99. The third kappa shape index (κ3) is 1.25. The van der Waals surface area contributed by atoms with Crippen LogP contribution in [0.1, 0.15) is 0 Å². The number of rotatable bonds is 1. The molecule has 0 saturated carbocycles. The van der Waals surface area contributed by atoms with Crippen molar-refractivity contribution in [3.05, 3.63) is 29.2 Å². The Balaban J connectivity index is 2.46. The summed E-state index contributed by atoms with van der Waals surface area (Å²) in [4.78, 5) is 4.09. The predicted molar refractivity (Wildman–Crippen MR) is 42.0 cm³/mol. The highest BCUT2D eigenvalue weighted by molar-refractivity contribution is 7.07. The SMILES string of the molecule is [c]1ccc(-c2cscn2)nn1. The molecule has 0 fully saturated rings. The maximum atomic E-state index is 4.09. The van der Waals surface area contributed by atoms with E-state index in [0.717, 1.165) is 11.4 Å². The molecule has 0 atom stereocenters. The molecular formula is C7H4N3S. The van der Waals surface area contributed by atoms with Gasteiger partial charge in [-0.1, -0.05) is 0 Å². The topological polar surface area (TPSA) is 38.7 Å². The van der Waals surface area contributed by atoms with Crippen LogP contribution in [0.2, 0.25) is 0 Å². The number of thiazole rings is 1. The molecule has 4 heteroatoms. The van der Waals surface area contributed by atoms with Gasteiger partial charge in [-0.25, -0.2) is 4.98 Å². The highest BCUT2D eigenvalue weighted by Crippen LogP contribution is 2.13. The van der Waals surface area contributed by atoms with Crippen LogP contribution in [0, 0.1) is 6.20 Å². The molecule has 0 unspecified atom stereocenters. The number of nitrogens with zero attached hydrogens (tertiary/aromatic N) is 3. The highest BCUT2D eigenvalue weighted by Gasteiger charge is 1.98. The van der Waals surface area contributed by atoms with Crippen molar-refractivity contribution in [3.8, 4) is 11.4 Å². The normalized spacial score (nSPS) is 9.82. The van der Waals surface area contributed by atoms with E-state index in [2.05, 4.69) is 21.4 Å². The monoisotopic (exact) mass is 162 g/mol. The minimum atomic E-state index is 0.796. The average Bonchev–Trinajstić information content (AvgIpc) is 2.58. The summed E-state index contributed by atoms with van der Waals surface area (Å²) in [6.45, 7) is 0. The van der Waals surface area contributed by atoms with Crippen LogP contribution in [0.4, 0.5) is 0 Å². The summed E-state index contributed by atoms with van der Waals surface area (Å²) in [5, 5.41) is 9.42. The van der Waals surface area contributed by atoms with Gasteiger partial charge in [-0.3, -0.25) is 0 Å². The Hall–Kier alpha value is -1.29. The quantitative estimate of drug-likeness (QED) is 0.636.